The molecule has 1 heterocycles. The van der Waals surface area contributed by atoms with Crippen LogP contribution in [0.2, 0.25) is 10.0 Å². The second-order valence-electron chi connectivity index (χ2n) is 5.06. The summed E-state index contributed by atoms with van der Waals surface area (Å²) in [4.78, 5) is 17.3. The number of rotatable bonds is 4. The molecule has 3 aromatic rings. The molecule has 0 radical (unpaired) electrons. The first-order chi connectivity index (χ1) is 11.6. The fraction of sp³-hybridized carbons (Fsp3) is 0.176. The number of carbonyl (C=O) groups is 1. The van der Waals surface area contributed by atoms with Gasteiger partial charge in [-0.25, -0.2) is 0 Å². The predicted molar refractivity (Wildman–Crippen MR) is 98.0 cm³/mol. The lowest BCUT2D eigenvalue weighted by Crippen LogP contribution is -2.19. The Bertz CT molecular complexity index is 945. The van der Waals surface area contributed by atoms with Gasteiger partial charge < -0.3 is 9.30 Å². The van der Waals surface area contributed by atoms with E-state index in [9.17, 15) is 4.79 Å². The van der Waals surface area contributed by atoms with Crippen molar-refractivity contribution in [1.82, 2.24) is 4.57 Å². The number of hydrogen-bond acceptors (Lipinski definition) is 3. The van der Waals surface area contributed by atoms with Gasteiger partial charge in [-0.3, -0.25) is 4.79 Å². The maximum Gasteiger partial charge on any atom is 0.279 e. The van der Waals surface area contributed by atoms with Gasteiger partial charge in [0, 0.05) is 29.3 Å². The highest BCUT2D eigenvalue weighted by Gasteiger charge is 2.10. The molecule has 1 aromatic heterocycles. The van der Waals surface area contributed by atoms with Crippen molar-refractivity contribution in [3.8, 4) is 0 Å². The Morgan fingerprint density at radius 2 is 1.88 bits per heavy atom. The normalized spacial score (nSPS) is 12.0. The summed E-state index contributed by atoms with van der Waals surface area (Å²) in [6.45, 7) is 1.13. The lowest BCUT2D eigenvalue weighted by atomic mass is 10.2. The maximum atomic E-state index is 12.4. The number of nitrogens with zero attached hydrogens (tertiary/aromatic N) is 2. The molecular weight excluding hydrogens is 367 g/mol. The molecule has 0 bridgehead atoms. The third kappa shape index (κ3) is 3.70. The largest absolute Gasteiger partial charge is 0.383 e. The number of aromatic nitrogens is 1. The van der Waals surface area contributed by atoms with Gasteiger partial charge in [0.25, 0.3) is 5.91 Å². The molecule has 0 aliphatic rings. The van der Waals surface area contributed by atoms with Crippen LogP contribution in [0, 0.1) is 0 Å². The zero-order chi connectivity index (χ0) is 17.1. The molecule has 7 heteroatoms. The number of carbonyl (C=O) groups excluding carboxylic acids is 1. The van der Waals surface area contributed by atoms with Gasteiger partial charge in [-0.15, -0.1) is 0 Å². The second-order valence-corrected chi connectivity index (χ2v) is 6.95. The van der Waals surface area contributed by atoms with E-state index in [1.165, 1.54) is 11.3 Å². The Morgan fingerprint density at radius 3 is 2.58 bits per heavy atom. The van der Waals surface area contributed by atoms with E-state index in [-0.39, 0.29) is 5.91 Å². The standard InChI is InChI=1S/C17H14Cl2N2O2S/c1-23-9-8-21-14-7-6-13(19)10-15(14)24-17(21)20-16(22)11-2-4-12(18)5-3-11/h2-7,10H,8-9H2,1H3. The Morgan fingerprint density at radius 1 is 1.17 bits per heavy atom. The number of methoxy groups -OCH3 is 1. The van der Waals surface area contributed by atoms with E-state index in [0.29, 0.717) is 33.6 Å². The fourth-order valence-corrected chi connectivity index (χ4v) is 3.73. The summed E-state index contributed by atoms with van der Waals surface area (Å²) in [5.41, 5.74) is 1.47. The van der Waals surface area contributed by atoms with Crippen molar-refractivity contribution in [1.29, 1.82) is 0 Å². The van der Waals surface area contributed by atoms with E-state index in [1.54, 1.807) is 31.4 Å². The molecule has 4 nitrogen and oxygen atoms in total. The molecule has 0 aliphatic carbocycles. The maximum absolute atomic E-state index is 12.4. The minimum absolute atomic E-state index is 0.310. The van der Waals surface area contributed by atoms with Crippen LogP contribution in [-0.4, -0.2) is 24.2 Å². The zero-order valence-corrected chi connectivity index (χ0v) is 15.2. The van der Waals surface area contributed by atoms with Gasteiger partial charge in [-0.05, 0) is 42.5 Å². The van der Waals surface area contributed by atoms with Crippen molar-refractivity contribution in [3.63, 3.8) is 0 Å². The molecule has 0 saturated carbocycles. The molecule has 0 saturated heterocycles. The van der Waals surface area contributed by atoms with E-state index in [1.807, 2.05) is 22.8 Å². The van der Waals surface area contributed by atoms with Crippen molar-refractivity contribution in [2.75, 3.05) is 13.7 Å². The Hall–Kier alpha value is -1.66. The molecule has 0 spiro atoms. The van der Waals surface area contributed by atoms with Crippen molar-refractivity contribution in [2.24, 2.45) is 4.99 Å². The number of ether oxygens (including phenoxy) is 1. The van der Waals surface area contributed by atoms with Gasteiger partial charge >= 0.3 is 0 Å². The van der Waals surface area contributed by atoms with E-state index in [0.717, 1.165) is 10.2 Å². The highest BCUT2D eigenvalue weighted by molar-refractivity contribution is 7.16. The molecule has 0 fully saturated rings. The van der Waals surface area contributed by atoms with Gasteiger partial charge in [0.1, 0.15) is 0 Å². The van der Waals surface area contributed by atoms with Crippen LogP contribution >= 0.6 is 34.5 Å². The van der Waals surface area contributed by atoms with Gasteiger partial charge in [0.05, 0.1) is 16.8 Å². The van der Waals surface area contributed by atoms with Gasteiger partial charge in [-0.2, -0.15) is 4.99 Å². The summed E-state index contributed by atoms with van der Waals surface area (Å²) < 4.78 is 8.10. The first kappa shape index (κ1) is 17.2. The number of hydrogen-bond donors (Lipinski definition) is 0. The SMILES string of the molecule is COCCn1c(=NC(=O)c2ccc(Cl)cc2)sc2cc(Cl)ccc21. The summed E-state index contributed by atoms with van der Waals surface area (Å²) in [5.74, 6) is -0.310. The average molecular weight is 381 g/mol. The minimum Gasteiger partial charge on any atom is -0.383 e. The van der Waals surface area contributed by atoms with Crippen LogP contribution in [0.4, 0.5) is 0 Å². The summed E-state index contributed by atoms with van der Waals surface area (Å²) >= 11 is 13.3. The molecule has 1 amide bonds. The summed E-state index contributed by atoms with van der Waals surface area (Å²) in [6, 6.07) is 12.3. The van der Waals surface area contributed by atoms with Crippen molar-refractivity contribution < 1.29 is 9.53 Å². The van der Waals surface area contributed by atoms with E-state index >= 15 is 0 Å². The molecular formula is C17H14Cl2N2O2S. The predicted octanol–water partition coefficient (Wildman–Crippen LogP) is 4.40. The van der Waals surface area contributed by atoms with Crippen LogP contribution in [-0.2, 0) is 11.3 Å². The first-order valence-corrected chi connectivity index (χ1v) is 8.78. The smallest absolute Gasteiger partial charge is 0.279 e. The zero-order valence-electron chi connectivity index (χ0n) is 12.8. The number of thiazole rings is 1. The van der Waals surface area contributed by atoms with Crippen molar-refractivity contribution in [2.45, 2.75) is 6.54 Å². The quantitative estimate of drug-likeness (QED) is 0.673. The molecule has 0 unspecified atom stereocenters. The van der Waals surface area contributed by atoms with Crippen molar-refractivity contribution in [3.05, 3.63) is 62.9 Å². The topological polar surface area (TPSA) is 43.6 Å². The van der Waals surface area contributed by atoms with E-state index in [2.05, 4.69) is 4.99 Å². The summed E-state index contributed by atoms with van der Waals surface area (Å²) in [5, 5.41) is 1.23. The fourth-order valence-electron chi connectivity index (χ4n) is 2.27. The lowest BCUT2D eigenvalue weighted by Gasteiger charge is -2.04. The monoisotopic (exact) mass is 380 g/mol. The van der Waals surface area contributed by atoms with Gasteiger partial charge in [-0.1, -0.05) is 34.5 Å². The second kappa shape index (κ2) is 7.49. The van der Waals surface area contributed by atoms with E-state index in [4.69, 9.17) is 27.9 Å². The number of benzene rings is 2. The minimum atomic E-state index is -0.310. The number of amides is 1. The molecule has 2 aromatic carbocycles. The lowest BCUT2D eigenvalue weighted by molar-refractivity contribution is 0.0997. The van der Waals surface area contributed by atoms with Crippen LogP contribution in [0.15, 0.2) is 47.5 Å². The van der Waals surface area contributed by atoms with Gasteiger partial charge in [0.2, 0.25) is 0 Å². The van der Waals surface area contributed by atoms with Crippen LogP contribution in [0.25, 0.3) is 10.2 Å². The molecule has 0 atom stereocenters. The number of fused-ring (bicyclic) bond motifs is 1. The third-order valence-corrected chi connectivity index (χ3v) is 4.98. The first-order valence-electron chi connectivity index (χ1n) is 7.21. The molecule has 24 heavy (non-hydrogen) atoms. The van der Waals surface area contributed by atoms with Crippen LogP contribution < -0.4 is 4.80 Å². The van der Waals surface area contributed by atoms with Crippen LogP contribution in [0.3, 0.4) is 0 Å². The average Bonchev–Trinajstić information content (AvgIpc) is 2.89. The van der Waals surface area contributed by atoms with Crippen molar-refractivity contribution >= 4 is 50.7 Å². The van der Waals surface area contributed by atoms with E-state index < -0.39 is 0 Å². The third-order valence-electron chi connectivity index (χ3n) is 3.45. The van der Waals surface area contributed by atoms with Crippen LogP contribution in [0.1, 0.15) is 10.4 Å². The molecule has 0 aliphatic heterocycles. The molecule has 0 N–H and O–H groups in total. The molecule has 3 rings (SSSR count). The molecule has 124 valence electrons. The van der Waals surface area contributed by atoms with Crippen LogP contribution in [0.5, 0.6) is 0 Å². The highest BCUT2D eigenvalue weighted by atomic mass is 35.5. The summed E-state index contributed by atoms with van der Waals surface area (Å²) in [7, 11) is 1.64. The Kier molecular flexibility index (Phi) is 5.36. The highest BCUT2D eigenvalue weighted by Crippen LogP contribution is 2.22. The van der Waals surface area contributed by atoms with Gasteiger partial charge in [0.15, 0.2) is 4.80 Å². The summed E-state index contributed by atoms with van der Waals surface area (Å²) in [6.07, 6.45) is 0. The Labute approximate surface area is 152 Å². The number of halogens is 2. The Balaban J connectivity index is 2.09.